The number of likely N-dealkylation sites (N-methyl/N-ethyl adjacent to an activating group) is 2. The Morgan fingerprint density at radius 1 is 0.850 bits per heavy atom. The molecule has 2 heterocycles. The lowest BCUT2D eigenvalue weighted by molar-refractivity contribution is -0.129. The largest absolute Gasteiger partial charge is 0.337 e. The summed E-state index contributed by atoms with van der Waals surface area (Å²) in [5.74, 6) is -0.948. The fourth-order valence-corrected chi connectivity index (χ4v) is 2.89. The van der Waals surface area contributed by atoms with Gasteiger partial charge in [0.2, 0.25) is 11.8 Å². The molecule has 0 bridgehead atoms. The number of fused-ring (bicyclic) bond motifs is 1. The molecule has 6 amide bonds. The zero-order valence-electron chi connectivity index (χ0n) is 12.0. The number of hydrogen-bond donors (Lipinski definition) is 0. The van der Waals surface area contributed by atoms with Gasteiger partial charge in [0.15, 0.2) is 12.3 Å². The third kappa shape index (κ3) is 1.67. The number of carbonyl (C=O) groups excluding carboxylic acids is 4. The second-order valence-electron chi connectivity index (χ2n) is 4.74. The minimum atomic E-state index is -0.735. The Labute approximate surface area is 116 Å². The SMILES string of the molecule is CCN1C(=O)N(CC)[C@H]2[C@H]1N(C(C)=O)C(=O)N2C(C)=O. The van der Waals surface area contributed by atoms with Crippen molar-refractivity contribution in [3.8, 4) is 0 Å². The summed E-state index contributed by atoms with van der Waals surface area (Å²) in [5.41, 5.74) is 0. The minimum absolute atomic E-state index is 0.269. The quantitative estimate of drug-likeness (QED) is 0.727. The first kappa shape index (κ1) is 14.3. The van der Waals surface area contributed by atoms with E-state index in [1.807, 2.05) is 0 Å². The summed E-state index contributed by atoms with van der Waals surface area (Å²) in [6, 6.07) is -0.931. The van der Waals surface area contributed by atoms with Crippen molar-refractivity contribution in [1.82, 2.24) is 19.6 Å². The summed E-state index contributed by atoms with van der Waals surface area (Å²) in [7, 11) is 0. The Hall–Kier alpha value is -2.12. The van der Waals surface area contributed by atoms with E-state index in [-0.39, 0.29) is 6.03 Å². The molecule has 2 aliphatic heterocycles. The van der Waals surface area contributed by atoms with E-state index in [1.54, 1.807) is 13.8 Å². The van der Waals surface area contributed by atoms with Crippen LogP contribution in [0.4, 0.5) is 9.59 Å². The van der Waals surface area contributed by atoms with Crippen molar-refractivity contribution in [1.29, 1.82) is 0 Å². The molecule has 2 fully saturated rings. The molecule has 2 aliphatic rings. The van der Waals surface area contributed by atoms with Crippen molar-refractivity contribution < 1.29 is 19.2 Å². The Morgan fingerprint density at radius 3 is 1.45 bits per heavy atom. The van der Waals surface area contributed by atoms with Crippen LogP contribution in [0.1, 0.15) is 27.7 Å². The summed E-state index contributed by atoms with van der Waals surface area (Å²) in [5, 5.41) is 0. The topological polar surface area (TPSA) is 81.2 Å². The van der Waals surface area contributed by atoms with Crippen LogP contribution in [0.15, 0.2) is 0 Å². The number of rotatable bonds is 2. The van der Waals surface area contributed by atoms with Gasteiger partial charge in [0.25, 0.3) is 0 Å². The van der Waals surface area contributed by atoms with Crippen LogP contribution in [0.3, 0.4) is 0 Å². The molecule has 0 N–H and O–H groups in total. The standard InChI is InChI=1S/C12H18N4O4/c1-5-13-9-10(14(6-2)11(13)19)16(8(4)18)12(20)15(9)7(3)17/h9-10H,5-6H2,1-4H3/t9-,10-/m1/s1. The summed E-state index contributed by atoms with van der Waals surface area (Å²) in [4.78, 5) is 52.9. The second kappa shape index (κ2) is 4.77. The van der Waals surface area contributed by atoms with Crippen molar-refractivity contribution in [3.63, 3.8) is 0 Å². The Morgan fingerprint density at radius 2 is 1.20 bits per heavy atom. The Kier molecular flexibility index (Phi) is 3.41. The molecule has 0 saturated carbocycles. The van der Waals surface area contributed by atoms with Crippen LogP contribution >= 0.6 is 0 Å². The Balaban J connectivity index is 2.54. The van der Waals surface area contributed by atoms with E-state index in [9.17, 15) is 19.2 Å². The van der Waals surface area contributed by atoms with Gasteiger partial charge >= 0.3 is 12.1 Å². The summed E-state index contributed by atoms with van der Waals surface area (Å²) in [6.07, 6.45) is -1.47. The molecule has 0 unspecified atom stereocenters. The summed E-state index contributed by atoms with van der Waals surface area (Å²) >= 11 is 0. The van der Waals surface area contributed by atoms with Gasteiger partial charge in [-0.15, -0.1) is 0 Å². The highest BCUT2D eigenvalue weighted by Crippen LogP contribution is 2.34. The first-order valence-corrected chi connectivity index (χ1v) is 6.57. The van der Waals surface area contributed by atoms with E-state index >= 15 is 0 Å². The molecule has 0 aliphatic carbocycles. The van der Waals surface area contributed by atoms with Crippen LogP contribution in [0, 0.1) is 0 Å². The highest BCUT2D eigenvalue weighted by molar-refractivity contribution is 6.05. The van der Waals surface area contributed by atoms with E-state index in [1.165, 1.54) is 23.6 Å². The smallest absolute Gasteiger partial charge is 0.300 e. The van der Waals surface area contributed by atoms with Crippen LogP contribution in [-0.2, 0) is 9.59 Å². The van der Waals surface area contributed by atoms with Crippen LogP contribution in [0.25, 0.3) is 0 Å². The molecule has 0 spiro atoms. The van der Waals surface area contributed by atoms with Gasteiger partial charge in [0.05, 0.1) is 0 Å². The molecule has 110 valence electrons. The van der Waals surface area contributed by atoms with Crippen molar-refractivity contribution in [2.45, 2.75) is 40.0 Å². The molecule has 0 aromatic carbocycles. The van der Waals surface area contributed by atoms with Crippen molar-refractivity contribution in [2.75, 3.05) is 13.1 Å². The highest BCUT2D eigenvalue weighted by Gasteiger charge is 2.60. The van der Waals surface area contributed by atoms with Gasteiger partial charge in [-0.25, -0.2) is 19.4 Å². The molecule has 2 saturated heterocycles. The fraction of sp³-hybridized carbons (Fsp3) is 0.667. The zero-order valence-corrected chi connectivity index (χ0v) is 12.0. The van der Waals surface area contributed by atoms with E-state index in [0.717, 1.165) is 9.80 Å². The first-order valence-electron chi connectivity index (χ1n) is 6.57. The number of imide groups is 2. The van der Waals surface area contributed by atoms with Crippen LogP contribution in [0.5, 0.6) is 0 Å². The fourth-order valence-electron chi connectivity index (χ4n) is 2.89. The van der Waals surface area contributed by atoms with Crippen LogP contribution < -0.4 is 0 Å². The predicted molar refractivity (Wildman–Crippen MR) is 68.2 cm³/mol. The van der Waals surface area contributed by atoms with E-state index in [2.05, 4.69) is 0 Å². The lowest BCUT2D eigenvalue weighted by Gasteiger charge is -2.26. The van der Waals surface area contributed by atoms with Crippen LogP contribution in [0.2, 0.25) is 0 Å². The Bertz CT molecular complexity index is 452. The molecule has 2 rings (SSSR count). The zero-order chi connectivity index (χ0) is 15.2. The highest BCUT2D eigenvalue weighted by atomic mass is 16.2. The average molecular weight is 282 g/mol. The van der Waals surface area contributed by atoms with Gasteiger partial charge < -0.3 is 0 Å². The number of nitrogens with zero attached hydrogens (tertiary/aromatic N) is 4. The monoisotopic (exact) mass is 282 g/mol. The maximum atomic E-state index is 12.3. The van der Waals surface area contributed by atoms with Gasteiger partial charge in [0.1, 0.15) is 0 Å². The maximum Gasteiger partial charge on any atom is 0.337 e. The number of urea groups is 2. The first-order chi connectivity index (χ1) is 9.36. The van der Waals surface area contributed by atoms with Crippen molar-refractivity contribution >= 4 is 23.9 Å². The normalized spacial score (nSPS) is 25.6. The van der Waals surface area contributed by atoms with Crippen molar-refractivity contribution in [2.24, 2.45) is 0 Å². The molecule has 8 heteroatoms. The lowest BCUT2D eigenvalue weighted by atomic mass is 10.3. The predicted octanol–water partition coefficient (Wildman–Crippen LogP) is 0.247. The molecular formula is C12H18N4O4. The van der Waals surface area contributed by atoms with E-state index < -0.39 is 30.2 Å². The van der Waals surface area contributed by atoms with Crippen molar-refractivity contribution in [3.05, 3.63) is 0 Å². The molecule has 0 aromatic rings. The molecule has 20 heavy (non-hydrogen) atoms. The van der Waals surface area contributed by atoms with E-state index in [4.69, 9.17) is 0 Å². The van der Waals surface area contributed by atoms with Gasteiger partial charge in [-0.05, 0) is 13.8 Å². The van der Waals surface area contributed by atoms with Gasteiger partial charge in [-0.2, -0.15) is 0 Å². The summed E-state index contributed by atoms with van der Waals surface area (Å²) in [6.45, 7) is 6.77. The maximum absolute atomic E-state index is 12.3. The number of hydrogen-bond acceptors (Lipinski definition) is 4. The van der Waals surface area contributed by atoms with Gasteiger partial charge in [-0.1, -0.05) is 0 Å². The molecule has 8 nitrogen and oxygen atoms in total. The minimum Gasteiger partial charge on any atom is -0.300 e. The second-order valence-corrected chi connectivity index (χ2v) is 4.74. The molecule has 2 atom stereocenters. The lowest BCUT2D eigenvalue weighted by Crippen LogP contribution is -2.48. The van der Waals surface area contributed by atoms with Gasteiger partial charge in [-0.3, -0.25) is 19.4 Å². The van der Waals surface area contributed by atoms with Gasteiger partial charge in [0, 0.05) is 26.9 Å². The molecule has 0 radical (unpaired) electrons. The average Bonchev–Trinajstić information content (AvgIpc) is 2.78. The number of carbonyl (C=O) groups is 4. The van der Waals surface area contributed by atoms with Crippen LogP contribution in [-0.4, -0.2) is 68.9 Å². The van der Waals surface area contributed by atoms with E-state index in [0.29, 0.717) is 13.1 Å². The molecule has 0 aromatic heterocycles. The third-order valence-corrected chi connectivity index (χ3v) is 3.70. The molecular weight excluding hydrogens is 264 g/mol. The third-order valence-electron chi connectivity index (χ3n) is 3.70. The summed E-state index contributed by atoms with van der Waals surface area (Å²) < 4.78 is 0. The number of amides is 6.